The Morgan fingerprint density at radius 1 is 1.80 bits per heavy atom. The Labute approximate surface area is 64.2 Å². The van der Waals surface area contributed by atoms with Crippen molar-refractivity contribution < 1.29 is 0 Å². The van der Waals surface area contributed by atoms with Gasteiger partial charge in [0, 0.05) is 10.4 Å². The maximum atomic E-state index is 7.18. The first-order chi connectivity index (χ1) is 4.75. The minimum absolute atomic E-state index is 0.179. The van der Waals surface area contributed by atoms with Crippen LogP contribution in [0.25, 0.3) is 0 Å². The topological polar surface area (TPSA) is 49.9 Å². The molecular formula is C7H10N2S. The summed E-state index contributed by atoms with van der Waals surface area (Å²) in [5.41, 5.74) is 6.22. The molecule has 0 amide bonds. The molecule has 1 heterocycles. The smallest absolute Gasteiger partial charge is 0.123 e. The first kappa shape index (κ1) is 7.28. The number of amidine groups is 1. The number of thiophene rings is 1. The Kier molecular flexibility index (Phi) is 2.06. The van der Waals surface area contributed by atoms with Crippen LogP contribution in [0.2, 0.25) is 0 Å². The van der Waals surface area contributed by atoms with Crippen LogP contribution in [0.4, 0.5) is 0 Å². The summed E-state index contributed by atoms with van der Waals surface area (Å²) >= 11 is 1.66. The Bertz CT molecular complexity index is 240. The fraction of sp³-hybridized carbons (Fsp3) is 0.286. The summed E-state index contributed by atoms with van der Waals surface area (Å²) in [6, 6.07) is 1.89. The molecule has 10 heavy (non-hydrogen) atoms. The third-order valence-corrected chi connectivity index (χ3v) is 2.42. The molecule has 0 aliphatic heterocycles. The molecule has 0 saturated heterocycles. The lowest BCUT2D eigenvalue weighted by Crippen LogP contribution is -2.11. The molecule has 0 saturated carbocycles. The van der Waals surface area contributed by atoms with Gasteiger partial charge in [0.05, 0.1) is 0 Å². The van der Waals surface area contributed by atoms with Crippen molar-refractivity contribution in [1.29, 1.82) is 5.41 Å². The molecule has 0 aliphatic carbocycles. The average molecular weight is 154 g/mol. The molecule has 0 unspecified atom stereocenters. The minimum atomic E-state index is 0.179. The monoisotopic (exact) mass is 154 g/mol. The van der Waals surface area contributed by atoms with Crippen molar-refractivity contribution in [3.63, 3.8) is 0 Å². The van der Waals surface area contributed by atoms with Crippen molar-refractivity contribution in [2.24, 2.45) is 5.73 Å². The number of aryl methyl sites for hydroxylation is 1. The summed E-state index contributed by atoms with van der Waals surface area (Å²) in [4.78, 5) is 1.20. The Hall–Kier alpha value is -0.830. The molecule has 0 bridgehead atoms. The summed E-state index contributed by atoms with van der Waals surface area (Å²) in [7, 11) is 0. The molecule has 0 aliphatic rings. The van der Waals surface area contributed by atoms with Crippen LogP contribution in [0, 0.1) is 5.41 Å². The quantitative estimate of drug-likeness (QED) is 0.493. The van der Waals surface area contributed by atoms with E-state index < -0.39 is 0 Å². The van der Waals surface area contributed by atoms with E-state index in [1.165, 1.54) is 4.88 Å². The van der Waals surface area contributed by atoms with Gasteiger partial charge in [0.15, 0.2) is 0 Å². The number of nitrogens with two attached hydrogens (primary N) is 1. The molecule has 3 heteroatoms. The molecular weight excluding hydrogens is 144 g/mol. The van der Waals surface area contributed by atoms with Gasteiger partial charge < -0.3 is 5.73 Å². The van der Waals surface area contributed by atoms with Crippen molar-refractivity contribution in [2.75, 3.05) is 0 Å². The van der Waals surface area contributed by atoms with E-state index in [2.05, 4.69) is 6.92 Å². The van der Waals surface area contributed by atoms with Crippen molar-refractivity contribution in [3.05, 3.63) is 21.9 Å². The predicted molar refractivity (Wildman–Crippen MR) is 44.7 cm³/mol. The van der Waals surface area contributed by atoms with E-state index in [0.717, 1.165) is 12.0 Å². The first-order valence-corrected chi connectivity index (χ1v) is 4.04. The van der Waals surface area contributed by atoms with Gasteiger partial charge in [-0.15, -0.1) is 11.3 Å². The van der Waals surface area contributed by atoms with Crippen LogP contribution >= 0.6 is 11.3 Å². The van der Waals surface area contributed by atoms with E-state index in [-0.39, 0.29) is 5.84 Å². The second kappa shape index (κ2) is 2.84. The zero-order valence-electron chi connectivity index (χ0n) is 5.85. The summed E-state index contributed by atoms with van der Waals surface area (Å²) in [5.74, 6) is 0.179. The molecule has 2 nitrogen and oxygen atoms in total. The van der Waals surface area contributed by atoms with Crippen LogP contribution in [0.1, 0.15) is 17.4 Å². The molecule has 0 spiro atoms. The van der Waals surface area contributed by atoms with Gasteiger partial charge in [-0.2, -0.15) is 0 Å². The molecule has 0 atom stereocenters. The second-order valence-corrected chi connectivity index (χ2v) is 3.03. The third kappa shape index (κ3) is 1.19. The van der Waals surface area contributed by atoms with Gasteiger partial charge in [0.25, 0.3) is 0 Å². The molecule has 1 aromatic heterocycles. The van der Waals surface area contributed by atoms with E-state index in [4.69, 9.17) is 11.1 Å². The zero-order chi connectivity index (χ0) is 7.56. The number of hydrogen-bond acceptors (Lipinski definition) is 2. The number of hydrogen-bond donors (Lipinski definition) is 2. The van der Waals surface area contributed by atoms with Crippen LogP contribution in [-0.4, -0.2) is 5.84 Å². The first-order valence-electron chi connectivity index (χ1n) is 3.16. The summed E-state index contributed by atoms with van der Waals surface area (Å²) in [6.07, 6.45) is 0.965. The minimum Gasteiger partial charge on any atom is -0.384 e. The third-order valence-electron chi connectivity index (χ3n) is 1.36. The highest BCUT2D eigenvalue weighted by atomic mass is 32.1. The van der Waals surface area contributed by atoms with Crippen LogP contribution < -0.4 is 5.73 Å². The fourth-order valence-electron chi connectivity index (χ4n) is 0.854. The van der Waals surface area contributed by atoms with E-state index in [0.29, 0.717) is 0 Å². The average Bonchev–Trinajstić information content (AvgIpc) is 2.33. The maximum absolute atomic E-state index is 7.18. The highest BCUT2D eigenvalue weighted by molar-refractivity contribution is 7.10. The van der Waals surface area contributed by atoms with Crippen molar-refractivity contribution in [3.8, 4) is 0 Å². The second-order valence-electron chi connectivity index (χ2n) is 2.02. The molecule has 1 rings (SSSR count). The predicted octanol–water partition coefficient (Wildman–Crippen LogP) is 1.59. The van der Waals surface area contributed by atoms with Gasteiger partial charge >= 0.3 is 0 Å². The van der Waals surface area contributed by atoms with Crippen molar-refractivity contribution in [2.45, 2.75) is 13.3 Å². The number of nitrogen functional groups attached to an aromatic ring is 1. The lowest BCUT2D eigenvalue weighted by atomic mass is 10.2. The summed E-state index contributed by atoms with van der Waals surface area (Å²) in [6.45, 7) is 2.07. The number of rotatable bonds is 2. The molecule has 0 radical (unpaired) electrons. The largest absolute Gasteiger partial charge is 0.384 e. The van der Waals surface area contributed by atoms with Crippen molar-refractivity contribution in [1.82, 2.24) is 0 Å². The summed E-state index contributed by atoms with van der Waals surface area (Å²) in [5, 5.41) is 9.15. The van der Waals surface area contributed by atoms with Gasteiger partial charge in [0.1, 0.15) is 5.84 Å². The highest BCUT2D eigenvalue weighted by Crippen LogP contribution is 2.15. The van der Waals surface area contributed by atoms with Gasteiger partial charge in [-0.05, 0) is 17.9 Å². The molecule has 1 aromatic rings. The standard InChI is InChI=1S/C7H10N2S/c1-2-6-5(7(8)9)3-4-10-6/h3-4H,2H2,1H3,(H3,8,9). The van der Waals surface area contributed by atoms with E-state index in [1.54, 1.807) is 11.3 Å². The van der Waals surface area contributed by atoms with Gasteiger partial charge in [-0.3, -0.25) is 5.41 Å². The van der Waals surface area contributed by atoms with Gasteiger partial charge in [-0.1, -0.05) is 6.92 Å². The van der Waals surface area contributed by atoms with E-state index in [1.807, 2.05) is 11.4 Å². The van der Waals surface area contributed by atoms with E-state index in [9.17, 15) is 0 Å². The highest BCUT2D eigenvalue weighted by Gasteiger charge is 2.02. The number of nitrogens with one attached hydrogen (secondary N) is 1. The van der Waals surface area contributed by atoms with Gasteiger partial charge in [0.2, 0.25) is 0 Å². The Morgan fingerprint density at radius 3 is 2.90 bits per heavy atom. The van der Waals surface area contributed by atoms with Crippen molar-refractivity contribution >= 4 is 17.2 Å². The zero-order valence-corrected chi connectivity index (χ0v) is 6.66. The van der Waals surface area contributed by atoms with E-state index >= 15 is 0 Å². The Balaban J connectivity index is 3.01. The lowest BCUT2D eigenvalue weighted by molar-refractivity contribution is 1.17. The van der Waals surface area contributed by atoms with Crippen LogP contribution in [0.15, 0.2) is 11.4 Å². The van der Waals surface area contributed by atoms with Gasteiger partial charge in [-0.25, -0.2) is 0 Å². The fourth-order valence-corrected chi connectivity index (χ4v) is 1.69. The van der Waals surface area contributed by atoms with Crippen LogP contribution in [0.5, 0.6) is 0 Å². The Morgan fingerprint density at radius 2 is 2.50 bits per heavy atom. The SMILES string of the molecule is CCc1sccc1C(=N)N. The normalized spacial score (nSPS) is 9.70. The molecule has 0 aromatic carbocycles. The summed E-state index contributed by atoms with van der Waals surface area (Å²) < 4.78 is 0. The molecule has 54 valence electrons. The molecule has 0 fully saturated rings. The maximum Gasteiger partial charge on any atom is 0.123 e. The van der Waals surface area contributed by atoms with Crippen LogP contribution in [0.3, 0.4) is 0 Å². The van der Waals surface area contributed by atoms with Crippen LogP contribution in [-0.2, 0) is 6.42 Å². The molecule has 3 N–H and O–H groups in total. The lowest BCUT2D eigenvalue weighted by Gasteiger charge is -1.95.